The monoisotopic (exact) mass is 851 g/mol. The standard InChI is InChI=1S/C10H22O2Si.2C10H14.C9H20O2Si.C4H12OSi.C4H12Si/c1-7-10(2,3)9(11)12-8-13(4,5)6;2*1-3-9(2)10-7-5-4-6-8-10;1-7-9(2,3)8(10)11-12(4,5)6;1-5-6(2,3)4;1-5(2,3)4/h7-8H2,1-6H3;2*4-9H,3H2,1-2H3;7H2,1-6H3;1-4H3;1-4H3. The van der Waals surface area contributed by atoms with Crippen LogP contribution >= 0.6 is 0 Å². The molecule has 0 aromatic heterocycles. The summed E-state index contributed by atoms with van der Waals surface area (Å²) in [5.74, 6) is 1.31. The van der Waals surface area contributed by atoms with Crippen molar-refractivity contribution < 1.29 is 23.2 Å². The molecule has 2 aromatic carbocycles. The van der Waals surface area contributed by atoms with Crippen LogP contribution in [-0.2, 0) is 23.2 Å². The lowest BCUT2D eigenvalue weighted by Gasteiger charge is -2.26. The Bertz CT molecular complexity index is 1200. The topological polar surface area (TPSA) is 61.8 Å². The molecule has 0 aliphatic rings. The summed E-state index contributed by atoms with van der Waals surface area (Å²) in [6, 6.07) is 21.3. The van der Waals surface area contributed by atoms with Gasteiger partial charge >= 0.3 is 5.97 Å². The van der Waals surface area contributed by atoms with Crippen molar-refractivity contribution in [2.45, 2.75) is 192 Å². The van der Waals surface area contributed by atoms with E-state index in [-0.39, 0.29) is 22.8 Å². The molecule has 0 saturated heterocycles. The molecular formula is C47H94O5Si4. The first-order valence-electron chi connectivity index (χ1n) is 21.2. The largest absolute Gasteiger partial charge is 0.519 e. The molecule has 5 nitrogen and oxygen atoms in total. The molecular weight excluding hydrogens is 757 g/mol. The molecule has 0 bridgehead atoms. The first-order valence-corrected chi connectivity index (χ1v) is 35.7. The van der Waals surface area contributed by atoms with E-state index in [4.69, 9.17) is 13.6 Å². The molecule has 328 valence electrons. The molecule has 0 N–H and O–H groups in total. The van der Waals surface area contributed by atoms with E-state index < -0.39 is 32.8 Å². The number of hydrogen-bond acceptors (Lipinski definition) is 5. The number of ether oxygens (including phenoxy) is 1. The molecule has 0 spiro atoms. The summed E-state index contributed by atoms with van der Waals surface area (Å²) in [4.78, 5) is 23.1. The van der Waals surface area contributed by atoms with Crippen molar-refractivity contribution in [2.75, 3.05) is 13.3 Å². The molecule has 2 rings (SSSR count). The van der Waals surface area contributed by atoms with Gasteiger partial charge in [0, 0.05) is 15.2 Å². The maximum absolute atomic E-state index is 11.5. The third-order valence-corrected chi connectivity index (χ3v) is 11.5. The molecule has 56 heavy (non-hydrogen) atoms. The molecule has 0 heterocycles. The van der Waals surface area contributed by atoms with Gasteiger partial charge in [-0.1, -0.05) is 148 Å². The van der Waals surface area contributed by atoms with Gasteiger partial charge in [-0.3, -0.25) is 9.59 Å². The van der Waals surface area contributed by atoms with Crippen molar-refractivity contribution in [3.63, 3.8) is 0 Å². The highest BCUT2D eigenvalue weighted by Gasteiger charge is 2.31. The maximum atomic E-state index is 11.5. The Balaban J connectivity index is -0.000000297. The van der Waals surface area contributed by atoms with Crippen molar-refractivity contribution in [3.05, 3.63) is 71.8 Å². The Morgan fingerprint density at radius 2 is 0.839 bits per heavy atom. The summed E-state index contributed by atoms with van der Waals surface area (Å²) in [5, 5.41) is 0. The van der Waals surface area contributed by atoms with Crippen molar-refractivity contribution in [2.24, 2.45) is 10.8 Å². The van der Waals surface area contributed by atoms with Gasteiger partial charge in [-0.25, -0.2) is 0 Å². The number of esters is 1. The first kappa shape index (κ1) is 60.9. The van der Waals surface area contributed by atoms with Gasteiger partial charge in [-0.15, -0.1) is 0 Å². The van der Waals surface area contributed by atoms with Crippen LogP contribution in [0.2, 0.25) is 85.1 Å². The van der Waals surface area contributed by atoms with E-state index in [1.165, 1.54) is 24.0 Å². The highest BCUT2D eigenvalue weighted by Crippen LogP contribution is 2.24. The number of hydrogen-bond donors (Lipinski definition) is 0. The van der Waals surface area contributed by atoms with Crippen molar-refractivity contribution in [1.82, 2.24) is 0 Å². The Morgan fingerprint density at radius 3 is 1.05 bits per heavy atom. The molecule has 0 aliphatic carbocycles. The number of rotatable bonds is 12. The third kappa shape index (κ3) is 40.4. The highest BCUT2D eigenvalue weighted by atomic mass is 28.4. The minimum Gasteiger partial charge on any atom is -0.519 e. The van der Waals surface area contributed by atoms with Crippen LogP contribution in [0.4, 0.5) is 0 Å². The Hall–Kier alpha value is -1.79. The second kappa shape index (κ2) is 29.4. The molecule has 0 fully saturated rings. The van der Waals surface area contributed by atoms with Gasteiger partial charge in [0.15, 0.2) is 8.32 Å². The summed E-state index contributed by atoms with van der Waals surface area (Å²) < 4.78 is 15.8. The molecule has 0 radical (unpaired) electrons. The van der Waals surface area contributed by atoms with Crippen LogP contribution in [0.15, 0.2) is 60.7 Å². The highest BCUT2D eigenvalue weighted by molar-refractivity contribution is 6.76. The predicted octanol–water partition coefficient (Wildman–Crippen LogP) is 15.5. The maximum Gasteiger partial charge on any atom is 0.311 e. The van der Waals surface area contributed by atoms with Crippen molar-refractivity contribution >= 4 is 44.7 Å². The van der Waals surface area contributed by atoms with Crippen LogP contribution in [0.25, 0.3) is 0 Å². The lowest BCUT2D eigenvalue weighted by molar-refractivity contribution is -0.152. The molecule has 0 aliphatic heterocycles. The van der Waals surface area contributed by atoms with Crippen molar-refractivity contribution in [3.8, 4) is 0 Å². The zero-order valence-electron chi connectivity index (χ0n) is 41.5. The fourth-order valence-electron chi connectivity index (χ4n) is 3.22. The lowest BCUT2D eigenvalue weighted by Crippen LogP contribution is -2.36. The second-order valence-electron chi connectivity index (χ2n) is 20.9. The summed E-state index contributed by atoms with van der Waals surface area (Å²) in [6.45, 7) is 49.1. The van der Waals surface area contributed by atoms with E-state index >= 15 is 0 Å². The fraction of sp³-hybridized carbons (Fsp3) is 0.702. The fourth-order valence-corrected chi connectivity index (χ4v) is 4.61. The number of carbonyl (C=O) groups excluding carboxylic acids is 2. The zero-order valence-corrected chi connectivity index (χ0v) is 45.5. The van der Waals surface area contributed by atoms with Crippen LogP contribution in [0.3, 0.4) is 0 Å². The first-order chi connectivity index (χ1) is 25.1. The van der Waals surface area contributed by atoms with Gasteiger partial charge < -0.3 is 13.6 Å². The molecule has 9 heteroatoms. The van der Waals surface area contributed by atoms with Gasteiger partial charge in [0.2, 0.25) is 8.32 Å². The Morgan fingerprint density at radius 1 is 0.554 bits per heavy atom. The van der Waals surface area contributed by atoms with E-state index in [0.29, 0.717) is 18.1 Å². The second-order valence-corrected chi connectivity index (χ2v) is 41.3. The summed E-state index contributed by atoms with van der Waals surface area (Å²) in [6.07, 6.45) is 4.75. The van der Waals surface area contributed by atoms with E-state index in [1.807, 2.05) is 61.2 Å². The molecule has 2 aromatic rings. The van der Waals surface area contributed by atoms with Crippen LogP contribution in [0.5, 0.6) is 0 Å². The Labute approximate surface area is 354 Å². The SMILES string of the molecule is CCC(C)(C)C(=O)OC[Si](C)(C)C.CCC(C)(C)C(=O)O[Si](C)(C)C.CCC(C)c1ccccc1.CCC(C)c1ccccc1.CO[Si](C)(C)C.C[Si](C)(C)C. The van der Waals surface area contributed by atoms with Gasteiger partial charge in [0.25, 0.3) is 5.97 Å². The van der Waals surface area contributed by atoms with Gasteiger partial charge in [0.1, 0.15) is 0 Å². The quantitative estimate of drug-likeness (QED) is 0.157. The van der Waals surface area contributed by atoms with E-state index in [9.17, 15) is 9.59 Å². The smallest absolute Gasteiger partial charge is 0.311 e. The van der Waals surface area contributed by atoms with Crippen LogP contribution in [0.1, 0.15) is 118 Å². The summed E-state index contributed by atoms with van der Waals surface area (Å²) in [7, 11) is -2.92. The minimum atomic E-state index is -1.70. The van der Waals surface area contributed by atoms with Crippen molar-refractivity contribution in [1.29, 1.82) is 0 Å². The van der Waals surface area contributed by atoms with Gasteiger partial charge in [0.05, 0.1) is 25.1 Å². The van der Waals surface area contributed by atoms with E-state index in [2.05, 4.69) is 154 Å². The van der Waals surface area contributed by atoms with Crippen LogP contribution in [-0.4, -0.2) is 58.1 Å². The minimum absolute atomic E-state index is 0.0517. The molecule has 2 unspecified atom stereocenters. The molecule has 0 amide bonds. The van der Waals surface area contributed by atoms with Crippen LogP contribution < -0.4 is 0 Å². The normalized spacial score (nSPS) is 12.7. The molecule has 2 atom stereocenters. The lowest BCUT2D eigenvalue weighted by atomic mass is 9.91. The average Bonchev–Trinajstić information content (AvgIpc) is 3.09. The summed E-state index contributed by atoms with van der Waals surface area (Å²) >= 11 is 0. The zero-order chi connectivity index (χ0) is 45.2. The number of benzene rings is 2. The number of carbonyl (C=O) groups is 2. The average molecular weight is 852 g/mol. The van der Waals surface area contributed by atoms with E-state index in [1.54, 1.807) is 7.11 Å². The van der Waals surface area contributed by atoms with E-state index in [0.717, 1.165) is 12.8 Å². The van der Waals surface area contributed by atoms with Crippen LogP contribution in [0, 0.1) is 10.8 Å². The third-order valence-electron chi connectivity index (χ3n) is 8.48. The Kier molecular flexibility index (Phi) is 32.0. The predicted molar refractivity (Wildman–Crippen MR) is 262 cm³/mol. The summed E-state index contributed by atoms with van der Waals surface area (Å²) in [5.41, 5.74) is 2.26. The molecule has 0 saturated carbocycles. The van der Waals surface area contributed by atoms with Gasteiger partial charge in [-0.2, -0.15) is 0 Å². The van der Waals surface area contributed by atoms with Gasteiger partial charge in [-0.05, 0) is 116 Å².